The Hall–Kier alpha value is -10.2. The minimum absolute atomic E-state index is 0.561. The van der Waals surface area contributed by atoms with E-state index in [0.29, 0.717) is 17.6 Å². The van der Waals surface area contributed by atoms with Gasteiger partial charge in [0.1, 0.15) is 0 Å². The van der Waals surface area contributed by atoms with Crippen molar-refractivity contribution in [2.75, 3.05) is 4.90 Å². The molecule has 14 aromatic rings. The molecule has 14 rings (SSSR count). The van der Waals surface area contributed by atoms with Gasteiger partial charge in [0.2, 0.25) is 5.95 Å². The molecule has 7 heteroatoms. The molecule has 7 nitrogen and oxygen atoms in total. The number of benzene rings is 10. The number of pyridine rings is 1. The molecule has 0 N–H and O–H groups in total. The van der Waals surface area contributed by atoms with Crippen molar-refractivity contribution in [3.63, 3.8) is 0 Å². The predicted molar refractivity (Wildman–Crippen MR) is 308 cm³/mol. The lowest BCUT2D eigenvalue weighted by Crippen LogP contribution is -2.10. The summed E-state index contributed by atoms with van der Waals surface area (Å²) < 4.78 is 4.60. The Labute approximate surface area is 433 Å². The summed E-state index contributed by atoms with van der Waals surface area (Å²) in [6.45, 7) is 0. The summed E-state index contributed by atoms with van der Waals surface area (Å²) >= 11 is 0. The van der Waals surface area contributed by atoms with E-state index in [9.17, 15) is 0 Å². The predicted octanol–water partition coefficient (Wildman–Crippen LogP) is 17.3. The first-order valence-electron chi connectivity index (χ1n) is 25.2. The average Bonchev–Trinajstić information content (AvgIpc) is 4.03. The standard InChI is InChI=1S/C68H45N7/c1-6-20-46(21-7-1)66-70-67(47-22-8-2-9-23-47)72-68(71-66)75-62-35-17-16-34-57(62)59-44-60-58-42-51(36-37-63(58)74(64(60)45-65(59)75)55-32-14-5-15-33-55)49-25-18-24-48(40-49)50-26-19-27-52(41-50)61-43-56(38-39-69-61)73(53-28-10-3-11-29-53)54-30-12-4-13-31-54/h1-45H. The van der Waals surface area contributed by atoms with Crippen molar-refractivity contribution < 1.29 is 0 Å². The lowest BCUT2D eigenvalue weighted by atomic mass is 9.96. The highest BCUT2D eigenvalue weighted by atomic mass is 15.2. The molecule has 0 aliphatic heterocycles. The Morgan fingerprint density at radius 3 is 1.40 bits per heavy atom. The fourth-order valence-corrected chi connectivity index (χ4v) is 10.7. The van der Waals surface area contributed by atoms with Crippen molar-refractivity contribution in [2.24, 2.45) is 0 Å². The average molecular weight is 960 g/mol. The molecule has 0 unspecified atom stereocenters. The van der Waals surface area contributed by atoms with E-state index in [-0.39, 0.29) is 0 Å². The van der Waals surface area contributed by atoms with E-state index in [0.717, 1.165) is 106 Å². The van der Waals surface area contributed by atoms with E-state index in [1.165, 1.54) is 5.39 Å². The van der Waals surface area contributed by atoms with Crippen molar-refractivity contribution in [1.29, 1.82) is 0 Å². The first-order chi connectivity index (χ1) is 37.2. The highest BCUT2D eigenvalue weighted by Gasteiger charge is 2.22. The largest absolute Gasteiger partial charge is 0.310 e. The van der Waals surface area contributed by atoms with Gasteiger partial charge >= 0.3 is 0 Å². The van der Waals surface area contributed by atoms with Crippen molar-refractivity contribution in [1.82, 2.24) is 29.1 Å². The summed E-state index contributed by atoms with van der Waals surface area (Å²) in [5.41, 5.74) is 16.9. The van der Waals surface area contributed by atoms with Gasteiger partial charge in [0, 0.05) is 67.2 Å². The fourth-order valence-electron chi connectivity index (χ4n) is 10.7. The van der Waals surface area contributed by atoms with Crippen LogP contribution in [0.1, 0.15) is 0 Å². The maximum Gasteiger partial charge on any atom is 0.238 e. The van der Waals surface area contributed by atoms with E-state index < -0.39 is 0 Å². The maximum atomic E-state index is 5.23. The first-order valence-corrected chi connectivity index (χ1v) is 25.2. The van der Waals surface area contributed by atoms with Crippen molar-refractivity contribution in [3.8, 4) is 67.9 Å². The number of aromatic nitrogens is 6. The molecule has 0 aliphatic carbocycles. The van der Waals surface area contributed by atoms with Gasteiger partial charge in [-0.05, 0) is 113 Å². The van der Waals surface area contributed by atoms with Crippen LogP contribution in [0.2, 0.25) is 0 Å². The zero-order valence-corrected chi connectivity index (χ0v) is 40.6. The number of nitrogens with zero attached hydrogens (tertiary/aromatic N) is 7. The molecule has 0 radical (unpaired) electrons. The van der Waals surface area contributed by atoms with Crippen molar-refractivity contribution in [2.45, 2.75) is 0 Å². The van der Waals surface area contributed by atoms with Gasteiger partial charge in [-0.15, -0.1) is 0 Å². The molecule has 0 fully saturated rings. The maximum absolute atomic E-state index is 5.23. The van der Waals surface area contributed by atoms with Gasteiger partial charge < -0.3 is 9.47 Å². The summed E-state index contributed by atoms with van der Waals surface area (Å²) in [5, 5.41) is 4.57. The van der Waals surface area contributed by atoms with E-state index >= 15 is 0 Å². The zero-order valence-electron chi connectivity index (χ0n) is 40.6. The van der Waals surface area contributed by atoms with E-state index in [1.807, 2.05) is 42.6 Å². The van der Waals surface area contributed by atoms with E-state index in [1.54, 1.807) is 0 Å². The summed E-state index contributed by atoms with van der Waals surface area (Å²) in [7, 11) is 0. The molecule has 0 saturated carbocycles. The minimum atomic E-state index is 0.561. The Kier molecular flexibility index (Phi) is 10.7. The van der Waals surface area contributed by atoms with Gasteiger partial charge in [-0.1, -0.05) is 176 Å². The van der Waals surface area contributed by atoms with Crippen LogP contribution < -0.4 is 4.90 Å². The van der Waals surface area contributed by atoms with Crippen LogP contribution in [-0.4, -0.2) is 29.1 Å². The molecule has 4 aromatic heterocycles. The number of rotatable bonds is 10. The third kappa shape index (κ3) is 7.87. The molecule has 0 spiro atoms. The number of anilines is 3. The van der Waals surface area contributed by atoms with Crippen LogP contribution in [0.4, 0.5) is 17.1 Å². The number of fused-ring (bicyclic) bond motifs is 6. The van der Waals surface area contributed by atoms with Crippen LogP contribution in [-0.2, 0) is 0 Å². The molecule has 10 aromatic carbocycles. The van der Waals surface area contributed by atoms with Crippen molar-refractivity contribution in [3.05, 3.63) is 273 Å². The summed E-state index contributed by atoms with van der Waals surface area (Å²) in [5.74, 6) is 1.79. The Morgan fingerprint density at radius 2 is 0.760 bits per heavy atom. The smallest absolute Gasteiger partial charge is 0.238 e. The Balaban J connectivity index is 0.893. The lowest BCUT2D eigenvalue weighted by molar-refractivity contribution is 0.953. The van der Waals surface area contributed by atoms with Crippen LogP contribution in [0.3, 0.4) is 0 Å². The number of para-hydroxylation sites is 4. The zero-order chi connectivity index (χ0) is 49.7. The molecule has 352 valence electrons. The molecule has 75 heavy (non-hydrogen) atoms. The monoisotopic (exact) mass is 959 g/mol. The molecule has 0 atom stereocenters. The molecule has 0 saturated heterocycles. The van der Waals surface area contributed by atoms with E-state index in [4.69, 9.17) is 19.9 Å². The topological polar surface area (TPSA) is 64.7 Å². The summed E-state index contributed by atoms with van der Waals surface area (Å²) in [4.78, 5) is 22.7. The van der Waals surface area contributed by atoms with Crippen LogP contribution >= 0.6 is 0 Å². The molecular weight excluding hydrogens is 915 g/mol. The van der Waals surface area contributed by atoms with Crippen LogP contribution in [0.5, 0.6) is 0 Å². The molecule has 0 amide bonds. The third-order valence-corrected chi connectivity index (χ3v) is 14.2. The van der Waals surface area contributed by atoms with Gasteiger partial charge in [-0.25, -0.2) is 4.98 Å². The van der Waals surface area contributed by atoms with Gasteiger partial charge in [0.15, 0.2) is 11.6 Å². The number of hydrogen-bond acceptors (Lipinski definition) is 5. The summed E-state index contributed by atoms with van der Waals surface area (Å²) in [6, 6.07) is 93.9. The Morgan fingerprint density at radius 1 is 0.280 bits per heavy atom. The quantitative estimate of drug-likeness (QED) is 0.137. The summed E-state index contributed by atoms with van der Waals surface area (Å²) in [6.07, 6.45) is 1.91. The highest BCUT2D eigenvalue weighted by molar-refractivity contribution is 6.19. The third-order valence-electron chi connectivity index (χ3n) is 14.2. The van der Waals surface area contributed by atoms with Gasteiger partial charge in [-0.2, -0.15) is 9.97 Å². The van der Waals surface area contributed by atoms with Gasteiger partial charge in [0.05, 0.1) is 27.8 Å². The second kappa shape index (κ2) is 18.4. The van der Waals surface area contributed by atoms with Crippen LogP contribution in [0, 0.1) is 0 Å². The van der Waals surface area contributed by atoms with Crippen molar-refractivity contribution >= 4 is 60.7 Å². The second-order valence-electron chi connectivity index (χ2n) is 18.7. The first kappa shape index (κ1) is 43.5. The minimum Gasteiger partial charge on any atom is -0.310 e. The molecular formula is C68H45N7. The van der Waals surface area contributed by atoms with Crippen LogP contribution in [0.25, 0.3) is 112 Å². The van der Waals surface area contributed by atoms with Crippen LogP contribution in [0.15, 0.2) is 273 Å². The second-order valence-corrected chi connectivity index (χ2v) is 18.7. The highest BCUT2D eigenvalue weighted by Crippen LogP contribution is 2.42. The normalized spacial score (nSPS) is 11.5. The van der Waals surface area contributed by atoms with E-state index in [2.05, 4.69) is 245 Å². The molecule has 0 bridgehead atoms. The fraction of sp³-hybridized carbons (Fsp3) is 0. The lowest BCUT2D eigenvalue weighted by Gasteiger charge is -2.25. The molecule has 4 heterocycles. The van der Waals surface area contributed by atoms with Gasteiger partial charge in [0.25, 0.3) is 0 Å². The number of hydrogen-bond donors (Lipinski definition) is 0. The van der Waals surface area contributed by atoms with Gasteiger partial charge in [-0.3, -0.25) is 9.55 Å². The molecule has 0 aliphatic rings. The SMILES string of the molecule is c1ccc(-c2nc(-c3ccccc3)nc(-n3c4ccccc4c4cc5c6cc(-c7cccc(-c8cccc(-c9cc(N(c%10ccccc%10)c%10ccccc%10)ccn9)c8)c7)ccc6n(-c6ccccc6)c5cc43)n2)cc1. The Bertz CT molecular complexity index is 4300.